The van der Waals surface area contributed by atoms with Crippen molar-refractivity contribution in [3.63, 3.8) is 0 Å². The monoisotopic (exact) mass is 498 g/mol. The summed E-state index contributed by atoms with van der Waals surface area (Å²) >= 11 is 0. The van der Waals surface area contributed by atoms with Crippen LogP contribution in [0.1, 0.15) is 99.3 Å². The van der Waals surface area contributed by atoms with Gasteiger partial charge >= 0.3 is 11.9 Å². The molecule has 4 aliphatic carbocycles. The smallest absolute Gasteiger partial charge is 0.302 e. The molecule has 0 saturated heterocycles. The van der Waals surface area contributed by atoms with Crippen LogP contribution in [0.4, 0.5) is 0 Å². The maximum Gasteiger partial charge on any atom is 0.302 e. The van der Waals surface area contributed by atoms with E-state index < -0.39 is 0 Å². The molecule has 0 N–H and O–H groups in total. The van der Waals surface area contributed by atoms with Crippen LogP contribution in [-0.4, -0.2) is 30.8 Å². The van der Waals surface area contributed by atoms with Gasteiger partial charge in [-0.1, -0.05) is 32.4 Å². The maximum atomic E-state index is 11.5. The van der Waals surface area contributed by atoms with Crippen molar-refractivity contribution >= 4 is 11.9 Å². The van der Waals surface area contributed by atoms with Crippen molar-refractivity contribution in [3.05, 3.63) is 23.0 Å². The third-order valence-electron chi connectivity index (χ3n) is 11.0. The van der Waals surface area contributed by atoms with Crippen molar-refractivity contribution in [2.24, 2.45) is 40.4 Å². The van der Waals surface area contributed by atoms with E-state index in [1.807, 2.05) is 0 Å². The Hall–Kier alpha value is -1.78. The summed E-state index contributed by atoms with van der Waals surface area (Å²) in [6.45, 7) is 13.1. The highest BCUT2D eigenvalue weighted by Gasteiger charge is 2.63. The zero-order valence-corrected chi connectivity index (χ0v) is 23.2. The second-order valence-electron chi connectivity index (χ2n) is 13.2. The van der Waals surface area contributed by atoms with Gasteiger partial charge in [-0.05, 0) is 91.9 Å². The van der Waals surface area contributed by atoms with Crippen molar-refractivity contribution < 1.29 is 23.8 Å². The third kappa shape index (κ3) is 4.32. The van der Waals surface area contributed by atoms with Crippen molar-refractivity contribution in [3.8, 4) is 0 Å². The largest absolute Gasteiger partial charge is 0.494 e. The molecule has 0 aromatic carbocycles. The number of esters is 2. The molecule has 5 aliphatic rings. The minimum absolute atomic E-state index is 0.0643. The predicted molar refractivity (Wildman–Crippen MR) is 139 cm³/mol. The van der Waals surface area contributed by atoms with E-state index in [1.165, 1.54) is 50.9 Å². The lowest BCUT2D eigenvalue weighted by molar-refractivity contribution is -0.148. The molecular formula is C31H46O5. The molecular weight excluding hydrogens is 452 g/mol. The Labute approximate surface area is 217 Å². The first-order valence-corrected chi connectivity index (χ1v) is 14.4. The Balaban J connectivity index is 1.29. The fraction of sp³-hybridized carbons (Fsp3) is 0.806. The molecule has 36 heavy (non-hydrogen) atoms. The van der Waals surface area contributed by atoms with E-state index in [0.717, 1.165) is 43.9 Å². The minimum atomic E-state index is -0.200. The fourth-order valence-corrected chi connectivity index (χ4v) is 9.27. The van der Waals surface area contributed by atoms with Crippen LogP contribution in [0.15, 0.2) is 23.0 Å². The van der Waals surface area contributed by atoms with Crippen molar-refractivity contribution in [1.29, 1.82) is 0 Å². The van der Waals surface area contributed by atoms with Crippen LogP contribution in [0.2, 0.25) is 0 Å². The highest BCUT2D eigenvalue weighted by Crippen LogP contribution is 2.69. The van der Waals surface area contributed by atoms with Gasteiger partial charge in [-0.15, -0.1) is 0 Å². The van der Waals surface area contributed by atoms with Gasteiger partial charge in [0.1, 0.15) is 12.2 Å². The molecule has 200 valence electrons. The Morgan fingerprint density at radius 3 is 2.64 bits per heavy atom. The lowest BCUT2D eigenvalue weighted by atomic mass is 9.47. The summed E-state index contributed by atoms with van der Waals surface area (Å²) < 4.78 is 17.5. The lowest BCUT2D eigenvalue weighted by Crippen LogP contribution is -2.50. The quantitative estimate of drug-likeness (QED) is 0.299. The standard InChI is InChI=1S/C31H46O5/c1-18(17-34-20(3)32)7-10-27-19(2)29-28(36-27)16-26-24-9-8-22-15-23(35-21(4)33)11-13-30(22,5)25(24)12-14-31(26,29)6/h8,18,23-26,28-29H,7,9-17H2,1-6H3/t18-,23-,24?,25?,26?,28?,29?,30-,31-/m0/s1. The number of carbonyl (C=O) groups excluding carboxylic acids is 2. The van der Waals surface area contributed by atoms with Crippen LogP contribution in [0.5, 0.6) is 0 Å². The summed E-state index contributed by atoms with van der Waals surface area (Å²) in [5.41, 5.74) is 3.62. The van der Waals surface area contributed by atoms with Gasteiger partial charge < -0.3 is 14.2 Å². The number of fused-ring (bicyclic) bond motifs is 7. The van der Waals surface area contributed by atoms with Crippen LogP contribution < -0.4 is 0 Å². The SMILES string of the molecule is CC(=O)OC[C@@H](C)CCC1=C(C)C2C(CC3C4CC=C5C[C@@H](OC(C)=O)CC[C@]5(C)C4CC[C@@]32C)O1. The summed E-state index contributed by atoms with van der Waals surface area (Å²) in [5.74, 6) is 3.93. The summed E-state index contributed by atoms with van der Waals surface area (Å²) in [6.07, 6.45) is 12.9. The predicted octanol–water partition coefficient (Wildman–Crippen LogP) is 6.76. The van der Waals surface area contributed by atoms with Gasteiger partial charge in [0.15, 0.2) is 0 Å². The summed E-state index contributed by atoms with van der Waals surface area (Å²) in [7, 11) is 0. The molecule has 3 saturated carbocycles. The summed E-state index contributed by atoms with van der Waals surface area (Å²) in [5, 5.41) is 0. The first kappa shape index (κ1) is 25.9. The highest BCUT2D eigenvalue weighted by atomic mass is 16.5. The minimum Gasteiger partial charge on any atom is -0.494 e. The molecule has 5 rings (SSSR count). The molecule has 0 aromatic heterocycles. The third-order valence-corrected chi connectivity index (χ3v) is 11.0. The molecule has 0 bridgehead atoms. The van der Waals surface area contributed by atoms with E-state index in [-0.39, 0.29) is 23.5 Å². The second kappa shape index (κ2) is 9.51. The van der Waals surface area contributed by atoms with Crippen LogP contribution in [0, 0.1) is 40.4 Å². The molecule has 3 fully saturated rings. The molecule has 1 aliphatic heterocycles. The maximum absolute atomic E-state index is 11.5. The molecule has 0 aromatic rings. The number of carbonyl (C=O) groups is 2. The van der Waals surface area contributed by atoms with Gasteiger partial charge in [0, 0.05) is 32.6 Å². The molecule has 9 atom stereocenters. The Morgan fingerprint density at radius 2 is 1.92 bits per heavy atom. The first-order chi connectivity index (χ1) is 17.0. The topological polar surface area (TPSA) is 61.8 Å². The number of rotatable bonds is 6. The summed E-state index contributed by atoms with van der Waals surface area (Å²) in [4.78, 5) is 22.7. The number of hydrogen-bond donors (Lipinski definition) is 0. The molecule has 0 spiro atoms. The fourth-order valence-electron chi connectivity index (χ4n) is 9.27. The first-order valence-electron chi connectivity index (χ1n) is 14.4. The molecule has 0 radical (unpaired) electrons. The Bertz CT molecular complexity index is 964. The van der Waals surface area contributed by atoms with Crippen molar-refractivity contribution in [2.75, 3.05) is 6.61 Å². The van der Waals surface area contributed by atoms with Gasteiger partial charge in [-0.25, -0.2) is 0 Å². The normalized spacial score (nSPS) is 41.8. The molecule has 5 unspecified atom stereocenters. The van der Waals surface area contributed by atoms with E-state index in [9.17, 15) is 9.59 Å². The van der Waals surface area contributed by atoms with Crippen molar-refractivity contribution in [1.82, 2.24) is 0 Å². The zero-order chi connectivity index (χ0) is 25.8. The van der Waals surface area contributed by atoms with Crippen LogP contribution in [0.25, 0.3) is 0 Å². The van der Waals surface area contributed by atoms with Crippen LogP contribution >= 0.6 is 0 Å². The molecule has 5 heteroatoms. The lowest BCUT2D eigenvalue weighted by Gasteiger charge is -2.58. The Kier molecular flexibility index (Phi) is 6.83. The highest BCUT2D eigenvalue weighted by molar-refractivity contribution is 5.66. The second-order valence-corrected chi connectivity index (χ2v) is 13.2. The van der Waals surface area contributed by atoms with Gasteiger partial charge in [-0.3, -0.25) is 9.59 Å². The van der Waals surface area contributed by atoms with E-state index in [2.05, 4.69) is 33.8 Å². The van der Waals surface area contributed by atoms with Crippen molar-refractivity contribution in [2.45, 2.75) is 112 Å². The zero-order valence-electron chi connectivity index (χ0n) is 23.2. The van der Waals surface area contributed by atoms with E-state index in [0.29, 0.717) is 35.9 Å². The number of hydrogen-bond acceptors (Lipinski definition) is 5. The van der Waals surface area contributed by atoms with Gasteiger partial charge in [0.25, 0.3) is 0 Å². The van der Waals surface area contributed by atoms with E-state index in [4.69, 9.17) is 14.2 Å². The van der Waals surface area contributed by atoms with Crippen LogP contribution in [-0.2, 0) is 23.8 Å². The molecule has 0 amide bonds. The van der Waals surface area contributed by atoms with E-state index in [1.54, 1.807) is 5.57 Å². The summed E-state index contributed by atoms with van der Waals surface area (Å²) in [6, 6.07) is 0. The van der Waals surface area contributed by atoms with Gasteiger partial charge in [0.05, 0.1) is 12.4 Å². The molecule has 1 heterocycles. The van der Waals surface area contributed by atoms with Crippen LogP contribution in [0.3, 0.4) is 0 Å². The number of ether oxygens (including phenoxy) is 3. The van der Waals surface area contributed by atoms with Gasteiger partial charge in [0.2, 0.25) is 0 Å². The van der Waals surface area contributed by atoms with E-state index >= 15 is 0 Å². The Morgan fingerprint density at radius 1 is 1.14 bits per heavy atom. The average Bonchev–Trinajstić information content (AvgIpc) is 3.29. The number of allylic oxidation sites excluding steroid dienone is 2. The van der Waals surface area contributed by atoms with Gasteiger partial charge in [-0.2, -0.15) is 0 Å². The average molecular weight is 499 g/mol. The molecule has 5 nitrogen and oxygen atoms in total.